The number of aromatic amines is 1. The van der Waals surface area contributed by atoms with Crippen LogP contribution in [0.1, 0.15) is 35.0 Å². The number of likely N-dealkylation sites (tertiary alicyclic amines) is 1. The molecule has 1 amide bonds. The minimum Gasteiger partial charge on any atom is -0.507 e. The van der Waals surface area contributed by atoms with E-state index in [1.54, 1.807) is 26.0 Å². The Morgan fingerprint density at radius 2 is 1.97 bits per heavy atom. The summed E-state index contributed by atoms with van der Waals surface area (Å²) in [6.07, 6.45) is 0.606. The summed E-state index contributed by atoms with van der Waals surface area (Å²) in [6.45, 7) is 4.36. The summed E-state index contributed by atoms with van der Waals surface area (Å²) in [4.78, 5) is 29.0. The van der Waals surface area contributed by atoms with Crippen LogP contribution >= 0.6 is 0 Å². The summed E-state index contributed by atoms with van der Waals surface area (Å²) in [5, 5.41) is 17.8. The highest BCUT2D eigenvalue weighted by atomic mass is 19.1. The molecule has 2 heterocycles. The smallest absolute Gasteiger partial charge is 0.295 e. The van der Waals surface area contributed by atoms with E-state index in [2.05, 4.69) is 10.2 Å². The number of hydrogen-bond donors (Lipinski definition) is 2. The molecule has 1 aliphatic heterocycles. The normalized spacial score (nSPS) is 18.8. The van der Waals surface area contributed by atoms with Crippen LogP contribution in [-0.2, 0) is 9.59 Å². The number of aliphatic hydroxyl groups excluding tert-OH is 1. The van der Waals surface area contributed by atoms with E-state index in [1.165, 1.54) is 17.0 Å². The maximum Gasteiger partial charge on any atom is 0.295 e. The minimum absolute atomic E-state index is 0.113. The van der Waals surface area contributed by atoms with Gasteiger partial charge in [-0.2, -0.15) is 5.10 Å². The Morgan fingerprint density at radius 3 is 2.55 bits per heavy atom. The van der Waals surface area contributed by atoms with Gasteiger partial charge in [0.1, 0.15) is 11.6 Å². The van der Waals surface area contributed by atoms with Crippen molar-refractivity contribution in [2.45, 2.75) is 26.3 Å². The standard InChI is InChI=1S/C21H25FN4O3/c1-12-16(13(2)24-23-12)19(27)17-18(14-8-5-6-9-15(14)22)26(21(29)20(17)28)11-7-10-25(3)4/h5-6,8-9,18,27H,7,10-11H2,1-4H3,(H,23,24)/t18-/m0/s1. The van der Waals surface area contributed by atoms with Gasteiger partial charge in [0.2, 0.25) is 0 Å². The van der Waals surface area contributed by atoms with Crippen molar-refractivity contribution in [2.24, 2.45) is 0 Å². The zero-order valence-electron chi connectivity index (χ0n) is 17.0. The molecule has 0 radical (unpaired) electrons. The molecule has 0 aliphatic carbocycles. The maximum atomic E-state index is 14.7. The molecule has 1 fully saturated rings. The average molecular weight is 400 g/mol. The van der Waals surface area contributed by atoms with E-state index in [9.17, 15) is 19.1 Å². The zero-order valence-corrected chi connectivity index (χ0v) is 17.0. The van der Waals surface area contributed by atoms with Crippen LogP contribution in [0.2, 0.25) is 0 Å². The van der Waals surface area contributed by atoms with Crippen LogP contribution in [0.4, 0.5) is 4.39 Å². The molecule has 1 saturated heterocycles. The lowest BCUT2D eigenvalue weighted by atomic mass is 9.94. The Morgan fingerprint density at radius 1 is 1.28 bits per heavy atom. The van der Waals surface area contributed by atoms with E-state index in [-0.39, 0.29) is 23.4 Å². The van der Waals surface area contributed by atoms with Crippen molar-refractivity contribution in [1.29, 1.82) is 0 Å². The first-order valence-corrected chi connectivity index (χ1v) is 9.43. The minimum atomic E-state index is -0.993. The number of rotatable bonds is 6. The van der Waals surface area contributed by atoms with Crippen molar-refractivity contribution in [2.75, 3.05) is 27.2 Å². The first kappa shape index (κ1) is 20.7. The fraction of sp³-hybridized carbons (Fsp3) is 0.381. The van der Waals surface area contributed by atoms with Gasteiger partial charge < -0.3 is 14.9 Å². The average Bonchev–Trinajstić information content (AvgIpc) is 3.12. The van der Waals surface area contributed by atoms with Crippen LogP contribution in [0.15, 0.2) is 29.8 Å². The summed E-state index contributed by atoms with van der Waals surface area (Å²) in [7, 11) is 3.82. The number of Topliss-reactive ketones (excluding diaryl/α,β-unsaturated/α-hetero) is 1. The molecular weight excluding hydrogens is 375 g/mol. The molecule has 29 heavy (non-hydrogen) atoms. The van der Waals surface area contributed by atoms with Crippen molar-refractivity contribution in [3.05, 3.63) is 58.2 Å². The van der Waals surface area contributed by atoms with Gasteiger partial charge in [0.15, 0.2) is 0 Å². The van der Waals surface area contributed by atoms with Gasteiger partial charge in [-0.25, -0.2) is 4.39 Å². The number of hydrogen-bond acceptors (Lipinski definition) is 5. The van der Waals surface area contributed by atoms with Gasteiger partial charge in [0.25, 0.3) is 11.7 Å². The molecule has 1 aliphatic rings. The third-order valence-electron chi connectivity index (χ3n) is 5.11. The number of ketones is 1. The molecule has 0 unspecified atom stereocenters. The number of amides is 1. The van der Waals surface area contributed by atoms with Gasteiger partial charge in [-0.3, -0.25) is 14.7 Å². The number of carbonyl (C=O) groups is 2. The monoisotopic (exact) mass is 400 g/mol. The molecule has 7 nitrogen and oxygen atoms in total. The lowest BCUT2D eigenvalue weighted by Crippen LogP contribution is -2.32. The molecule has 2 N–H and O–H groups in total. The maximum absolute atomic E-state index is 14.7. The van der Waals surface area contributed by atoms with Gasteiger partial charge in [-0.1, -0.05) is 18.2 Å². The van der Waals surface area contributed by atoms with Crippen LogP contribution in [0, 0.1) is 19.7 Å². The summed E-state index contributed by atoms with van der Waals surface area (Å²) in [5.41, 5.74) is 1.48. The second kappa shape index (κ2) is 8.16. The van der Waals surface area contributed by atoms with Crippen LogP contribution in [-0.4, -0.2) is 64.0 Å². The Kier molecular flexibility index (Phi) is 5.83. The quantitative estimate of drug-likeness (QED) is 0.442. The predicted octanol–water partition coefficient (Wildman–Crippen LogP) is 2.54. The number of aromatic nitrogens is 2. The van der Waals surface area contributed by atoms with E-state index in [4.69, 9.17) is 0 Å². The highest BCUT2D eigenvalue weighted by Crippen LogP contribution is 2.41. The van der Waals surface area contributed by atoms with Gasteiger partial charge in [0, 0.05) is 17.8 Å². The predicted molar refractivity (Wildman–Crippen MR) is 107 cm³/mol. The van der Waals surface area contributed by atoms with Gasteiger partial charge in [0.05, 0.1) is 22.9 Å². The number of H-pyrrole nitrogens is 1. The van der Waals surface area contributed by atoms with Crippen molar-refractivity contribution >= 4 is 17.4 Å². The Hall–Kier alpha value is -3.00. The third-order valence-corrected chi connectivity index (χ3v) is 5.11. The molecule has 1 aromatic carbocycles. The Bertz CT molecular complexity index is 961. The van der Waals surface area contributed by atoms with E-state index >= 15 is 0 Å². The number of aryl methyl sites for hydroxylation is 2. The third kappa shape index (κ3) is 3.80. The van der Waals surface area contributed by atoms with Crippen LogP contribution < -0.4 is 0 Å². The fourth-order valence-corrected chi connectivity index (χ4v) is 3.72. The topological polar surface area (TPSA) is 89.5 Å². The van der Waals surface area contributed by atoms with Crippen molar-refractivity contribution < 1.29 is 19.1 Å². The van der Waals surface area contributed by atoms with Gasteiger partial charge in [-0.15, -0.1) is 0 Å². The number of halogens is 1. The lowest BCUT2D eigenvalue weighted by Gasteiger charge is -2.26. The molecular formula is C21H25FN4O3. The highest BCUT2D eigenvalue weighted by molar-refractivity contribution is 6.46. The number of nitrogens with one attached hydrogen (secondary N) is 1. The number of benzene rings is 1. The number of nitrogens with zero attached hydrogens (tertiary/aromatic N) is 3. The first-order chi connectivity index (χ1) is 13.7. The zero-order chi connectivity index (χ0) is 21.3. The fourth-order valence-electron chi connectivity index (χ4n) is 3.72. The summed E-state index contributed by atoms with van der Waals surface area (Å²) >= 11 is 0. The van der Waals surface area contributed by atoms with E-state index in [1.807, 2.05) is 19.0 Å². The Labute approximate surface area is 168 Å². The molecule has 2 aromatic rings. The van der Waals surface area contributed by atoms with Crippen molar-refractivity contribution in [3.63, 3.8) is 0 Å². The molecule has 1 atom stereocenters. The second-order valence-corrected chi connectivity index (χ2v) is 7.48. The number of aliphatic hydroxyl groups is 1. The van der Waals surface area contributed by atoms with E-state index in [0.717, 1.165) is 0 Å². The first-order valence-electron chi connectivity index (χ1n) is 9.43. The van der Waals surface area contributed by atoms with E-state index < -0.39 is 23.5 Å². The highest BCUT2D eigenvalue weighted by Gasteiger charge is 2.47. The van der Waals surface area contributed by atoms with Crippen LogP contribution in [0.25, 0.3) is 5.76 Å². The van der Waals surface area contributed by atoms with Gasteiger partial charge in [-0.05, 0) is 47.0 Å². The summed E-state index contributed by atoms with van der Waals surface area (Å²) in [5.74, 6) is -2.43. The lowest BCUT2D eigenvalue weighted by molar-refractivity contribution is -0.140. The van der Waals surface area contributed by atoms with Crippen LogP contribution in [0.3, 0.4) is 0 Å². The largest absolute Gasteiger partial charge is 0.507 e. The summed E-state index contributed by atoms with van der Waals surface area (Å²) in [6, 6.07) is 5.01. The second-order valence-electron chi connectivity index (χ2n) is 7.48. The molecule has 8 heteroatoms. The molecule has 0 bridgehead atoms. The van der Waals surface area contributed by atoms with Crippen molar-refractivity contribution in [1.82, 2.24) is 20.0 Å². The van der Waals surface area contributed by atoms with Crippen molar-refractivity contribution in [3.8, 4) is 0 Å². The van der Waals surface area contributed by atoms with Gasteiger partial charge >= 0.3 is 0 Å². The van der Waals surface area contributed by atoms with Crippen LogP contribution in [0.5, 0.6) is 0 Å². The molecule has 3 rings (SSSR count). The summed E-state index contributed by atoms with van der Waals surface area (Å²) < 4.78 is 14.7. The number of carbonyl (C=O) groups excluding carboxylic acids is 2. The SMILES string of the molecule is Cc1n[nH]c(C)c1C(O)=C1C(=O)C(=O)N(CCCN(C)C)[C@H]1c1ccccc1F. The molecule has 0 saturated carbocycles. The molecule has 0 spiro atoms. The Balaban J connectivity index is 2.15. The molecule has 154 valence electrons. The van der Waals surface area contributed by atoms with E-state index in [0.29, 0.717) is 29.9 Å². The molecule has 1 aromatic heterocycles.